The van der Waals surface area contributed by atoms with E-state index in [4.69, 9.17) is 4.74 Å². The summed E-state index contributed by atoms with van der Waals surface area (Å²) in [6.45, 7) is 13.0. The van der Waals surface area contributed by atoms with Crippen molar-refractivity contribution in [3.8, 4) is 0 Å². The van der Waals surface area contributed by atoms with E-state index in [1.165, 1.54) is 23.4 Å². The molecule has 1 saturated carbocycles. The smallest absolute Gasteiger partial charge is 0.253 e. The maximum absolute atomic E-state index is 14.8. The number of imide groups is 1. The van der Waals surface area contributed by atoms with Gasteiger partial charge in [0.1, 0.15) is 17.9 Å². The molecular weight excluding hydrogens is 863 g/mol. The lowest BCUT2D eigenvalue weighted by Gasteiger charge is -2.41. The lowest BCUT2D eigenvalue weighted by Crippen LogP contribution is -2.54. The second kappa shape index (κ2) is 24.0. The molecule has 1 aromatic heterocycles. The Hall–Kier alpha value is -5.05. The van der Waals surface area contributed by atoms with E-state index in [0.29, 0.717) is 51.0 Å². The fraction of sp³-hybridized carbons (Fsp3) is 0.679. The number of carbonyl (C=O) groups excluding carboxylic acids is 7. The Morgan fingerprint density at radius 2 is 1.62 bits per heavy atom. The number of methoxy groups -OCH3 is 1. The summed E-state index contributed by atoms with van der Waals surface area (Å²) in [5.74, 6) is -1.48. The van der Waals surface area contributed by atoms with Crippen LogP contribution in [0.2, 0.25) is 0 Å². The maximum Gasteiger partial charge on any atom is 0.253 e. The van der Waals surface area contributed by atoms with Gasteiger partial charge in [0.2, 0.25) is 17.7 Å². The van der Waals surface area contributed by atoms with Crippen LogP contribution in [0.3, 0.4) is 0 Å². The van der Waals surface area contributed by atoms with Gasteiger partial charge in [-0.2, -0.15) is 5.10 Å². The number of aromatic nitrogens is 3. The number of aromatic amines is 1. The highest BCUT2D eigenvalue weighted by Gasteiger charge is 2.51. The third-order valence-corrected chi connectivity index (χ3v) is 16.1. The summed E-state index contributed by atoms with van der Waals surface area (Å²) in [7, 11) is 3.36. The number of unbranched alkanes of at least 4 members (excludes halogenated alkanes) is 2. The van der Waals surface area contributed by atoms with Gasteiger partial charge in [0.15, 0.2) is 5.78 Å². The minimum atomic E-state index is -0.631. The number of H-pyrrole nitrogens is 1. The van der Waals surface area contributed by atoms with Gasteiger partial charge in [-0.15, -0.1) is 0 Å². The fourth-order valence-electron chi connectivity index (χ4n) is 11.8. The number of likely N-dealkylation sites (N-methyl/N-ethyl adjacent to an activating group) is 1. The molecule has 11 atom stereocenters. The maximum atomic E-state index is 14.8. The Balaban J connectivity index is 1.07. The van der Waals surface area contributed by atoms with Crippen molar-refractivity contribution in [3.63, 3.8) is 0 Å². The zero-order valence-corrected chi connectivity index (χ0v) is 41.8. The zero-order valence-electron chi connectivity index (χ0n) is 41.8. The number of amides is 5. The summed E-state index contributed by atoms with van der Waals surface area (Å²) in [5.41, 5.74) is 1.11. The van der Waals surface area contributed by atoms with Crippen molar-refractivity contribution in [2.24, 2.45) is 35.5 Å². The van der Waals surface area contributed by atoms with Crippen LogP contribution in [0.15, 0.2) is 48.8 Å². The van der Waals surface area contributed by atoms with Crippen molar-refractivity contribution >= 4 is 41.1 Å². The van der Waals surface area contributed by atoms with Crippen molar-refractivity contribution in [1.29, 1.82) is 0 Å². The largest absolute Gasteiger partial charge is 0.379 e. The fourth-order valence-corrected chi connectivity index (χ4v) is 11.8. The van der Waals surface area contributed by atoms with E-state index in [9.17, 15) is 33.6 Å². The topological polar surface area (TPSA) is 183 Å². The SMILES string of the molecule is CC[C@H](C)[C@@H]([C@@H](CC(=O)N1CCC[C@H]1[C@H](C)[C@@H](C)C(=O)C[C@@H](Cc1ccccc1)c1ncn[nH]1)OC)N(C)C(=O)[C@@H](CC(=O)[C@@H]1[C@H]2CC[C@H](C2)N1C(=O)CCCCCN1C(=O)C=CC1=O)C(C)C. The molecule has 4 heterocycles. The normalized spacial score (nSPS) is 23.2. The lowest BCUT2D eigenvalue weighted by molar-refractivity contribution is -0.149. The van der Waals surface area contributed by atoms with Gasteiger partial charge in [0.05, 0.1) is 24.6 Å². The van der Waals surface area contributed by atoms with Crippen LogP contribution in [0, 0.1) is 35.5 Å². The predicted molar refractivity (Wildman–Crippen MR) is 257 cm³/mol. The average molecular weight is 940 g/mol. The number of nitrogens with zero attached hydrogens (tertiary/aromatic N) is 6. The molecule has 15 heteroatoms. The molecule has 372 valence electrons. The van der Waals surface area contributed by atoms with Crippen molar-refractivity contribution in [1.82, 2.24) is 34.8 Å². The Bertz CT molecular complexity index is 2070. The molecule has 2 bridgehead atoms. The first-order chi connectivity index (χ1) is 32.6. The van der Waals surface area contributed by atoms with Crippen molar-refractivity contribution in [2.75, 3.05) is 27.2 Å². The van der Waals surface area contributed by atoms with Gasteiger partial charge in [-0.1, -0.05) is 84.7 Å². The lowest BCUT2D eigenvalue weighted by atomic mass is 9.81. The number of rotatable bonds is 26. The molecule has 3 aliphatic heterocycles. The highest BCUT2D eigenvalue weighted by molar-refractivity contribution is 6.12. The first-order valence-electron chi connectivity index (χ1n) is 25.4. The quantitative estimate of drug-likeness (QED) is 0.0785. The minimum absolute atomic E-state index is 0.0160. The van der Waals surface area contributed by atoms with Crippen LogP contribution in [0.5, 0.6) is 0 Å². The number of fused-ring (bicyclic) bond motifs is 2. The van der Waals surface area contributed by atoms with E-state index < -0.39 is 24.1 Å². The van der Waals surface area contributed by atoms with E-state index in [1.807, 2.05) is 48.8 Å². The summed E-state index contributed by atoms with van der Waals surface area (Å²) in [6.07, 6.45) is 11.5. The molecule has 0 spiro atoms. The standard InChI is InChI=1S/C53H77N7O8/c1-9-34(4)50(45(68-8)31-49(66)58-26-16-19-42(58)35(5)36(6)43(61)29-39(52-54-32-55-56-52)27-37-17-12-10-13-18-37)57(7)53(67)41(33(2)3)30-44(62)51-38-21-22-40(28-38)60(51)48(65)20-14-11-15-25-59-46(63)23-24-47(59)64/h10,12-13,17-18,23-24,32-36,38-42,45,50-51H,9,11,14-16,19-22,25-31H2,1-8H3,(H,54,55,56)/t34-,35+,36+,38-,39+,40+,41-,42-,45+,50-,51-/m0/s1. The number of hydrogen-bond acceptors (Lipinski definition) is 10. The highest BCUT2D eigenvalue weighted by atomic mass is 16.5. The molecule has 2 saturated heterocycles. The van der Waals surface area contributed by atoms with Gasteiger partial charge in [-0.25, -0.2) is 4.98 Å². The number of piperidine rings is 1. The van der Waals surface area contributed by atoms with Gasteiger partial charge in [-0.05, 0) is 80.6 Å². The van der Waals surface area contributed by atoms with Gasteiger partial charge in [-0.3, -0.25) is 43.6 Å². The Labute approximate surface area is 403 Å². The summed E-state index contributed by atoms with van der Waals surface area (Å²) >= 11 is 0. The third kappa shape index (κ3) is 12.2. The van der Waals surface area contributed by atoms with Gasteiger partial charge < -0.3 is 19.4 Å². The Morgan fingerprint density at radius 3 is 2.26 bits per heavy atom. The van der Waals surface area contributed by atoms with Crippen LogP contribution in [-0.4, -0.2) is 133 Å². The molecule has 68 heavy (non-hydrogen) atoms. The van der Waals surface area contributed by atoms with Gasteiger partial charge in [0, 0.05) is 88.5 Å². The summed E-state index contributed by atoms with van der Waals surface area (Å²) < 4.78 is 6.15. The van der Waals surface area contributed by atoms with Crippen molar-refractivity contribution in [2.45, 2.75) is 168 Å². The van der Waals surface area contributed by atoms with Crippen LogP contribution >= 0.6 is 0 Å². The number of carbonyl (C=O) groups is 7. The number of likely N-dealkylation sites (tertiary alicyclic amines) is 2. The van der Waals surface area contributed by atoms with E-state index in [0.717, 1.165) is 44.1 Å². The summed E-state index contributed by atoms with van der Waals surface area (Å²) in [6, 6.07) is 8.94. The zero-order chi connectivity index (χ0) is 49.2. The monoisotopic (exact) mass is 940 g/mol. The van der Waals surface area contributed by atoms with E-state index >= 15 is 0 Å². The number of ketones is 2. The first-order valence-corrected chi connectivity index (χ1v) is 25.4. The summed E-state index contributed by atoms with van der Waals surface area (Å²) in [4.78, 5) is 106. The minimum Gasteiger partial charge on any atom is -0.379 e. The molecule has 3 fully saturated rings. The van der Waals surface area contributed by atoms with E-state index in [-0.39, 0.29) is 108 Å². The third-order valence-electron chi connectivity index (χ3n) is 16.1. The molecule has 1 aliphatic carbocycles. The Morgan fingerprint density at radius 1 is 0.897 bits per heavy atom. The molecule has 4 aliphatic rings. The second-order valence-electron chi connectivity index (χ2n) is 20.6. The van der Waals surface area contributed by atoms with Crippen molar-refractivity contribution in [3.05, 3.63) is 60.2 Å². The van der Waals surface area contributed by atoms with Crippen molar-refractivity contribution < 1.29 is 38.3 Å². The highest BCUT2D eigenvalue weighted by Crippen LogP contribution is 2.44. The van der Waals surface area contributed by atoms with Crippen LogP contribution in [0.25, 0.3) is 0 Å². The molecule has 15 nitrogen and oxygen atoms in total. The number of hydrogen-bond donors (Lipinski definition) is 1. The number of Topliss-reactive ketones (excluding diaryl/α,β-unsaturated/α-hetero) is 2. The second-order valence-corrected chi connectivity index (χ2v) is 20.6. The molecular formula is C53H77N7O8. The average Bonchev–Trinajstić information content (AvgIpc) is 4.21. The molecule has 6 rings (SSSR count). The van der Waals surface area contributed by atoms with Crippen LogP contribution in [0.1, 0.15) is 142 Å². The summed E-state index contributed by atoms with van der Waals surface area (Å²) in [5, 5.41) is 7.04. The van der Waals surface area contributed by atoms with E-state index in [1.54, 1.807) is 19.1 Å². The molecule has 5 amide bonds. The van der Waals surface area contributed by atoms with Crippen LogP contribution in [0.4, 0.5) is 0 Å². The van der Waals surface area contributed by atoms with Gasteiger partial charge in [0.25, 0.3) is 11.8 Å². The molecule has 0 unspecified atom stereocenters. The van der Waals surface area contributed by atoms with Crippen LogP contribution < -0.4 is 0 Å². The predicted octanol–water partition coefficient (Wildman–Crippen LogP) is 6.73. The molecule has 2 aromatic rings. The molecule has 1 N–H and O–H groups in total. The number of ether oxygens (including phenoxy) is 1. The molecule has 0 radical (unpaired) electrons. The van der Waals surface area contributed by atoms with Crippen LogP contribution in [-0.2, 0) is 44.7 Å². The van der Waals surface area contributed by atoms with Gasteiger partial charge >= 0.3 is 0 Å². The number of nitrogens with one attached hydrogen (secondary N) is 1. The molecule has 1 aromatic carbocycles. The van der Waals surface area contributed by atoms with E-state index in [2.05, 4.69) is 48.1 Å². The first kappa shape index (κ1) is 52.3. The Kier molecular flexibility index (Phi) is 18.5. The number of benzene rings is 1.